The first-order valence-corrected chi connectivity index (χ1v) is 8.75. The van der Waals surface area contributed by atoms with Gasteiger partial charge in [-0.05, 0) is 0 Å². The molecular weight excluding hydrogens is 373 g/mol. The Kier molecular flexibility index (Phi) is 5.87. The molecule has 0 unspecified atom stereocenters. The molecule has 0 saturated heterocycles. The fraction of sp³-hybridized carbons (Fsp3) is 0.333. The van der Waals surface area contributed by atoms with Crippen molar-refractivity contribution in [2.24, 2.45) is 0 Å². The van der Waals surface area contributed by atoms with Gasteiger partial charge in [0.2, 0.25) is 0 Å². The molecule has 0 amide bonds. The average molecular weight is 389 g/mol. The summed E-state index contributed by atoms with van der Waals surface area (Å²) in [4.78, 5) is 26.3. The van der Waals surface area contributed by atoms with Crippen molar-refractivity contribution in [3.8, 4) is 0 Å². The Balaban J connectivity index is 2.57. The predicted molar refractivity (Wildman–Crippen MR) is 83.7 cm³/mol. The van der Waals surface area contributed by atoms with E-state index in [0.29, 0.717) is 27.6 Å². The van der Waals surface area contributed by atoms with E-state index in [0.717, 1.165) is 6.07 Å². The third kappa shape index (κ3) is 4.16. The van der Waals surface area contributed by atoms with Gasteiger partial charge in [-0.1, -0.05) is 0 Å². The second-order valence-corrected chi connectivity index (χ2v) is 6.88. The molecule has 1 heterocycles. The number of nitrogens with zero attached hydrogens (tertiary/aromatic N) is 1. The SMILES string of the molecule is CCOCn1c([Se]c2cc(F)cc(F)c2)c(CC)c(=O)[nH]c1=O. The normalized spacial score (nSPS) is 11.0. The van der Waals surface area contributed by atoms with Gasteiger partial charge in [-0.25, -0.2) is 0 Å². The summed E-state index contributed by atoms with van der Waals surface area (Å²) < 4.78 is 34.2. The molecule has 0 atom stereocenters. The molecule has 2 rings (SSSR count). The first kappa shape index (κ1) is 17.6. The number of aromatic amines is 1. The molecule has 0 radical (unpaired) electrons. The predicted octanol–water partition coefficient (Wildman–Crippen LogP) is 0.0262. The van der Waals surface area contributed by atoms with E-state index in [-0.39, 0.29) is 6.73 Å². The zero-order valence-corrected chi connectivity index (χ0v) is 14.4. The van der Waals surface area contributed by atoms with Crippen molar-refractivity contribution in [1.82, 2.24) is 9.55 Å². The molecule has 23 heavy (non-hydrogen) atoms. The third-order valence-corrected chi connectivity index (χ3v) is 5.45. The van der Waals surface area contributed by atoms with Crippen molar-refractivity contribution in [2.45, 2.75) is 27.0 Å². The summed E-state index contributed by atoms with van der Waals surface area (Å²) in [5.74, 6) is -1.38. The van der Waals surface area contributed by atoms with Crippen molar-refractivity contribution in [1.29, 1.82) is 0 Å². The molecule has 0 aliphatic heterocycles. The van der Waals surface area contributed by atoms with Crippen molar-refractivity contribution in [3.63, 3.8) is 0 Å². The van der Waals surface area contributed by atoms with Crippen molar-refractivity contribution in [3.05, 3.63) is 56.2 Å². The fourth-order valence-corrected chi connectivity index (χ4v) is 4.48. The van der Waals surface area contributed by atoms with Crippen LogP contribution in [-0.2, 0) is 17.9 Å². The van der Waals surface area contributed by atoms with Crippen LogP contribution in [-0.4, -0.2) is 31.1 Å². The minimum atomic E-state index is -0.691. The second-order valence-electron chi connectivity index (χ2n) is 4.65. The maximum atomic E-state index is 13.4. The monoisotopic (exact) mass is 390 g/mol. The van der Waals surface area contributed by atoms with E-state index in [2.05, 4.69) is 4.98 Å². The zero-order chi connectivity index (χ0) is 17.0. The van der Waals surface area contributed by atoms with Gasteiger partial charge < -0.3 is 0 Å². The Hall–Kier alpha value is -1.76. The van der Waals surface area contributed by atoms with Crippen LogP contribution in [0.1, 0.15) is 19.4 Å². The molecule has 0 aliphatic carbocycles. The molecule has 0 saturated carbocycles. The van der Waals surface area contributed by atoms with Gasteiger partial charge in [0, 0.05) is 0 Å². The first-order valence-electron chi connectivity index (χ1n) is 7.04. The number of H-pyrrole nitrogens is 1. The van der Waals surface area contributed by atoms with Crippen molar-refractivity contribution in [2.75, 3.05) is 6.61 Å². The molecule has 1 aromatic heterocycles. The van der Waals surface area contributed by atoms with Gasteiger partial charge in [0.15, 0.2) is 0 Å². The molecule has 0 aliphatic rings. The second kappa shape index (κ2) is 7.68. The van der Waals surface area contributed by atoms with Gasteiger partial charge >= 0.3 is 137 Å². The molecule has 1 N–H and O–H groups in total. The number of aromatic nitrogens is 2. The molecule has 8 heteroatoms. The van der Waals surface area contributed by atoms with Gasteiger partial charge in [0.25, 0.3) is 0 Å². The van der Waals surface area contributed by atoms with Crippen LogP contribution in [0.3, 0.4) is 0 Å². The number of rotatable bonds is 6. The van der Waals surface area contributed by atoms with E-state index >= 15 is 0 Å². The number of hydrogen-bond acceptors (Lipinski definition) is 3. The minimum absolute atomic E-state index is 0.0198. The number of ether oxygens (including phenoxy) is 1. The quantitative estimate of drug-likeness (QED) is 0.709. The van der Waals surface area contributed by atoms with E-state index in [9.17, 15) is 18.4 Å². The van der Waals surface area contributed by atoms with E-state index in [1.165, 1.54) is 16.7 Å². The molecule has 0 fully saturated rings. The summed E-state index contributed by atoms with van der Waals surface area (Å²) in [7, 11) is 0. The van der Waals surface area contributed by atoms with E-state index in [1.807, 2.05) is 0 Å². The average Bonchev–Trinajstić information content (AvgIpc) is 2.46. The van der Waals surface area contributed by atoms with Crippen LogP contribution in [0, 0.1) is 11.6 Å². The first-order chi connectivity index (χ1) is 11.0. The fourth-order valence-electron chi connectivity index (χ4n) is 2.02. The summed E-state index contributed by atoms with van der Waals surface area (Å²) in [5, 5.41) is 0. The van der Waals surface area contributed by atoms with Gasteiger partial charge in [-0.15, -0.1) is 0 Å². The van der Waals surface area contributed by atoms with E-state index in [1.54, 1.807) is 13.8 Å². The van der Waals surface area contributed by atoms with Gasteiger partial charge in [-0.3, -0.25) is 0 Å². The van der Waals surface area contributed by atoms with E-state index < -0.39 is 37.8 Å². The molecular formula is C15H16F2N2O3Se. The maximum absolute atomic E-state index is 13.4. The molecule has 0 bridgehead atoms. The van der Waals surface area contributed by atoms with Gasteiger partial charge in [0.05, 0.1) is 0 Å². The van der Waals surface area contributed by atoms with Crippen LogP contribution < -0.4 is 20.3 Å². The van der Waals surface area contributed by atoms with E-state index in [4.69, 9.17) is 4.74 Å². The van der Waals surface area contributed by atoms with Crippen LogP contribution in [0.25, 0.3) is 0 Å². The summed E-state index contributed by atoms with van der Waals surface area (Å²) in [6.45, 7) is 3.94. The van der Waals surface area contributed by atoms with Crippen LogP contribution >= 0.6 is 0 Å². The number of benzene rings is 1. The molecule has 0 spiro atoms. The standard InChI is InChI=1S/C15H16F2N2O3Se/c1-3-12-13(20)18-15(21)19(8-22-4-2)14(12)23-11-6-9(16)5-10(17)7-11/h5-7H,3-4,8H2,1-2H3,(H,18,20,21). The Morgan fingerprint density at radius 1 is 1.17 bits per heavy atom. The number of nitrogens with one attached hydrogen (secondary N) is 1. The Labute approximate surface area is 137 Å². The van der Waals surface area contributed by atoms with Crippen LogP contribution in [0.15, 0.2) is 27.8 Å². The topological polar surface area (TPSA) is 64.1 Å². The number of hydrogen-bond donors (Lipinski definition) is 1. The third-order valence-electron chi connectivity index (χ3n) is 3.07. The number of halogens is 2. The zero-order valence-electron chi connectivity index (χ0n) is 12.7. The van der Waals surface area contributed by atoms with Gasteiger partial charge in [0.1, 0.15) is 0 Å². The summed E-state index contributed by atoms with van der Waals surface area (Å²) >= 11 is -0.612. The summed E-state index contributed by atoms with van der Waals surface area (Å²) in [5.41, 5.74) is -0.637. The van der Waals surface area contributed by atoms with Crippen LogP contribution in [0.5, 0.6) is 0 Å². The molecule has 124 valence electrons. The van der Waals surface area contributed by atoms with Crippen LogP contribution in [0.2, 0.25) is 0 Å². The van der Waals surface area contributed by atoms with Gasteiger partial charge in [-0.2, -0.15) is 0 Å². The van der Waals surface area contributed by atoms with Crippen molar-refractivity contribution < 1.29 is 13.5 Å². The summed E-state index contributed by atoms with van der Waals surface area (Å²) in [6.07, 6.45) is 0.399. The molecule has 2 aromatic rings. The Bertz CT molecular complexity index is 797. The van der Waals surface area contributed by atoms with Crippen molar-refractivity contribution >= 4 is 24.0 Å². The Morgan fingerprint density at radius 3 is 2.39 bits per heavy atom. The molecule has 1 aromatic carbocycles. The Morgan fingerprint density at radius 2 is 1.83 bits per heavy atom. The summed E-state index contributed by atoms with van der Waals surface area (Å²) in [6, 6.07) is 3.20. The van der Waals surface area contributed by atoms with Crippen LogP contribution in [0.4, 0.5) is 8.78 Å². The molecule has 5 nitrogen and oxygen atoms in total.